The second-order valence-electron chi connectivity index (χ2n) is 4.11. The second-order valence-corrected chi connectivity index (χ2v) is 5.15. The number of hydrogen-bond donors (Lipinski definition) is 1. The van der Waals surface area contributed by atoms with Gasteiger partial charge in [0.2, 0.25) is 0 Å². The molecule has 1 N–H and O–H groups in total. The van der Waals surface area contributed by atoms with Crippen molar-refractivity contribution in [2.24, 2.45) is 4.99 Å². The molecule has 0 aromatic carbocycles. The molecule has 1 aromatic rings. The van der Waals surface area contributed by atoms with Crippen molar-refractivity contribution in [3.05, 3.63) is 22.4 Å². The van der Waals surface area contributed by atoms with Gasteiger partial charge in [0.25, 0.3) is 0 Å². The molecule has 0 aliphatic carbocycles. The van der Waals surface area contributed by atoms with Crippen LogP contribution >= 0.6 is 11.3 Å². The molecule has 0 saturated heterocycles. The summed E-state index contributed by atoms with van der Waals surface area (Å²) in [7, 11) is 0. The van der Waals surface area contributed by atoms with Gasteiger partial charge in [-0.2, -0.15) is 0 Å². The van der Waals surface area contributed by atoms with Crippen molar-refractivity contribution in [3.63, 3.8) is 0 Å². The van der Waals surface area contributed by atoms with Crippen LogP contribution in [0, 0.1) is 0 Å². The molecule has 1 aliphatic rings. The Balaban J connectivity index is 1.81. The van der Waals surface area contributed by atoms with Gasteiger partial charge in [0.15, 0.2) is 0 Å². The van der Waals surface area contributed by atoms with Crippen molar-refractivity contribution in [1.29, 1.82) is 0 Å². The number of hydrogen-bond acceptors (Lipinski definition) is 3. The highest BCUT2D eigenvalue weighted by Gasteiger charge is 2.09. The first-order chi connectivity index (χ1) is 7.34. The van der Waals surface area contributed by atoms with Gasteiger partial charge in [-0.25, -0.2) is 0 Å². The molecule has 1 aromatic heterocycles. The van der Waals surface area contributed by atoms with E-state index >= 15 is 0 Å². The Bertz CT molecular complexity index is 316. The molecule has 0 saturated carbocycles. The Morgan fingerprint density at radius 2 is 2.47 bits per heavy atom. The van der Waals surface area contributed by atoms with E-state index in [0.717, 1.165) is 19.4 Å². The molecule has 2 heterocycles. The summed E-state index contributed by atoms with van der Waals surface area (Å²) in [5, 5.41) is 5.65. The van der Waals surface area contributed by atoms with Gasteiger partial charge < -0.3 is 5.32 Å². The molecule has 1 unspecified atom stereocenters. The topological polar surface area (TPSA) is 24.4 Å². The van der Waals surface area contributed by atoms with Crippen molar-refractivity contribution in [1.82, 2.24) is 5.32 Å². The van der Waals surface area contributed by atoms with Gasteiger partial charge in [-0.3, -0.25) is 4.99 Å². The maximum Gasteiger partial charge on any atom is 0.0965 e. The van der Waals surface area contributed by atoms with Gasteiger partial charge in [-0.05, 0) is 31.2 Å². The van der Waals surface area contributed by atoms with Crippen molar-refractivity contribution < 1.29 is 0 Å². The fraction of sp³-hybridized carbons (Fsp3) is 0.583. The smallest absolute Gasteiger partial charge is 0.0965 e. The van der Waals surface area contributed by atoms with Gasteiger partial charge in [-0.1, -0.05) is 6.07 Å². The number of rotatable bonds is 3. The van der Waals surface area contributed by atoms with Crippen LogP contribution in [0.2, 0.25) is 0 Å². The van der Waals surface area contributed by atoms with Crippen LogP contribution in [0.15, 0.2) is 22.5 Å². The summed E-state index contributed by atoms with van der Waals surface area (Å²) in [5.41, 5.74) is 0. The quantitative estimate of drug-likeness (QED) is 0.835. The number of thiophene rings is 1. The number of amidine groups is 1. The van der Waals surface area contributed by atoms with Gasteiger partial charge in [0.1, 0.15) is 0 Å². The van der Waals surface area contributed by atoms with E-state index in [9.17, 15) is 0 Å². The van der Waals surface area contributed by atoms with Gasteiger partial charge >= 0.3 is 0 Å². The van der Waals surface area contributed by atoms with Crippen LogP contribution in [0.5, 0.6) is 0 Å². The minimum atomic E-state index is 0.500. The van der Waals surface area contributed by atoms with E-state index in [0.29, 0.717) is 6.04 Å². The molecule has 1 atom stereocenters. The molecular formula is C12H18N2S. The van der Waals surface area contributed by atoms with Crippen molar-refractivity contribution >= 4 is 17.2 Å². The Labute approximate surface area is 95.4 Å². The second kappa shape index (κ2) is 5.31. The van der Waals surface area contributed by atoms with E-state index in [1.807, 2.05) is 11.3 Å². The summed E-state index contributed by atoms with van der Waals surface area (Å²) in [6.07, 6.45) is 4.79. The average molecular weight is 222 g/mol. The van der Waals surface area contributed by atoms with E-state index in [1.54, 1.807) is 0 Å². The van der Waals surface area contributed by atoms with Crippen LogP contribution in [0.25, 0.3) is 0 Å². The Kier molecular flexibility index (Phi) is 3.78. The molecule has 1 aliphatic heterocycles. The first-order valence-corrected chi connectivity index (χ1v) is 6.55. The van der Waals surface area contributed by atoms with Crippen LogP contribution < -0.4 is 5.32 Å². The van der Waals surface area contributed by atoms with Crippen LogP contribution in [0.1, 0.15) is 31.1 Å². The molecule has 0 radical (unpaired) electrons. The van der Waals surface area contributed by atoms with Crippen molar-refractivity contribution in [2.75, 3.05) is 6.54 Å². The molecule has 3 heteroatoms. The van der Waals surface area contributed by atoms with Crippen LogP contribution in [0.4, 0.5) is 0 Å². The number of nitrogens with one attached hydrogen (secondary N) is 1. The first-order valence-electron chi connectivity index (χ1n) is 5.67. The van der Waals surface area contributed by atoms with Crippen molar-refractivity contribution in [3.8, 4) is 0 Å². The lowest BCUT2D eigenvalue weighted by atomic mass is 10.1. The zero-order valence-electron chi connectivity index (χ0n) is 9.20. The number of aliphatic imine (C=N–C) groups is 1. The summed E-state index contributed by atoms with van der Waals surface area (Å²) >= 11 is 1.83. The minimum absolute atomic E-state index is 0.500. The summed E-state index contributed by atoms with van der Waals surface area (Å²) in [6.45, 7) is 3.24. The van der Waals surface area contributed by atoms with E-state index in [4.69, 9.17) is 0 Å². The highest BCUT2D eigenvalue weighted by Crippen LogP contribution is 2.12. The fourth-order valence-corrected chi connectivity index (χ4v) is 2.72. The van der Waals surface area contributed by atoms with Gasteiger partial charge in [0.05, 0.1) is 5.84 Å². The Morgan fingerprint density at radius 3 is 3.13 bits per heavy atom. The standard InChI is InChI=1S/C12H18N2S/c1-10(9-11-5-4-8-15-11)14-12-6-2-3-7-13-12/h4-5,8,10H,2-3,6-7,9H2,1H3,(H,13,14). The SMILES string of the molecule is CC(Cc1cccs1)NC1=NCCCC1. The zero-order valence-corrected chi connectivity index (χ0v) is 10.0. The van der Waals surface area contributed by atoms with Crippen LogP contribution in [-0.4, -0.2) is 18.4 Å². The largest absolute Gasteiger partial charge is 0.371 e. The number of nitrogens with zero attached hydrogens (tertiary/aromatic N) is 1. The van der Waals surface area contributed by atoms with Gasteiger partial charge in [-0.15, -0.1) is 11.3 Å². The normalized spacial score (nSPS) is 18.3. The summed E-state index contributed by atoms with van der Waals surface area (Å²) in [5.74, 6) is 1.21. The maximum absolute atomic E-state index is 4.51. The molecule has 0 bridgehead atoms. The molecule has 2 nitrogen and oxygen atoms in total. The first kappa shape index (κ1) is 10.7. The summed E-state index contributed by atoms with van der Waals surface area (Å²) in [6, 6.07) is 4.82. The predicted molar refractivity (Wildman–Crippen MR) is 66.8 cm³/mol. The van der Waals surface area contributed by atoms with Gasteiger partial charge in [0, 0.05) is 30.3 Å². The lowest BCUT2D eigenvalue weighted by Gasteiger charge is -2.19. The Hall–Kier alpha value is -0.830. The monoisotopic (exact) mass is 222 g/mol. The van der Waals surface area contributed by atoms with Crippen LogP contribution in [0.3, 0.4) is 0 Å². The molecule has 0 fully saturated rings. The molecule has 0 spiro atoms. The molecule has 82 valence electrons. The third kappa shape index (κ3) is 3.34. The third-order valence-electron chi connectivity index (χ3n) is 2.62. The molecular weight excluding hydrogens is 204 g/mol. The van der Waals surface area contributed by atoms with E-state index in [-0.39, 0.29) is 0 Å². The maximum atomic E-state index is 4.51. The average Bonchev–Trinajstić information content (AvgIpc) is 2.71. The molecule has 2 rings (SSSR count). The van der Waals surface area contributed by atoms with Crippen LogP contribution in [-0.2, 0) is 6.42 Å². The lowest BCUT2D eigenvalue weighted by molar-refractivity contribution is 0.629. The van der Waals surface area contributed by atoms with Crippen molar-refractivity contribution in [2.45, 2.75) is 38.6 Å². The lowest BCUT2D eigenvalue weighted by Crippen LogP contribution is -2.35. The highest BCUT2D eigenvalue weighted by molar-refractivity contribution is 7.09. The minimum Gasteiger partial charge on any atom is -0.371 e. The molecule has 0 amide bonds. The summed E-state index contributed by atoms with van der Waals surface area (Å²) < 4.78 is 0. The zero-order chi connectivity index (χ0) is 10.5. The Morgan fingerprint density at radius 1 is 1.53 bits per heavy atom. The fourth-order valence-electron chi connectivity index (χ4n) is 1.88. The van der Waals surface area contributed by atoms with E-state index in [2.05, 4.69) is 34.7 Å². The summed E-state index contributed by atoms with van der Waals surface area (Å²) in [4.78, 5) is 5.96. The third-order valence-corrected chi connectivity index (χ3v) is 3.52. The van der Waals surface area contributed by atoms with E-state index in [1.165, 1.54) is 23.6 Å². The van der Waals surface area contributed by atoms with E-state index < -0.39 is 0 Å². The predicted octanol–water partition coefficient (Wildman–Crippen LogP) is 2.85. The molecule has 15 heavy (non-hydrogen) atoms. The highest BCUT2D eigenvalue weighted by atomic mass is 32.1.